The number of hydrogen-bond donors (Lipinski definition) is 0. The summed E-state index contributed by atoms with van der Waals surface area (Å²) < 4.78 is 1.05. The van der Waals surface area contributed by atoms with Gasteiger partial charge in [-0.05, 0) is 46.4 Å². The molecule has 0 bridgehead atoms. The summed E-state index contributed by atoms with van der Waals surface area (Å²) in [5.41, 5.74) is 3.91. The van der Waals surface area contributed by atoms with Crippen LogP contribution in [0.5, 0.6) is 0 Å². The lowest BCUT2D eigenvalue weighted by molar-refractivity contribution is 0.0976. The maximum absolute atomic E-state index is 13.4. The highest BCUT2D eigenvalue weighted by atomic mass is 127. The molecule has 0 aliphatic heterocycles. The smallest absolute Gasteiger partial charge is 0.212 e. The second-order valence-electron chi connectivity index (χ2n) is 6.44. The number of ketones is 2. The van der Waals surface area contributed by atoms with Crippen LogP contribution in [0.25, 0.3) is 22.0 Å². The average Bonchev–Trinajstić information content (AvgIpc) is 2.71. The Labute approximate surface area is 169 Å². The van der Waals surface area contributed by atoms with Crippen LogP contribution in [-0.2, 0) is 0 Å². The van der Waals surface area contributed by atoms with Crippen LogP contribution in [-0.4, -0.2) is 16.6 Å². The fourth-order valence-electron chi connectivity index (χ4n) is 3.67. The summed E-state index contributed by atoms with van der Waals surface area (Å²) in [5, 5.41) is 0.882. The number of rotatable bonds is 1. The molecule has 27 heavy (non-hydrogen) atoms. The van der Waals surface area contributed by atoms with Crippen LogP contribution in [0.1, 0.15) is 32.0 Å². The van der Waals surface area contributed by atoms with Crippen molar-refractivity contribution < 1.29 is 9.59 Å². The SMILES string of the molecule is O=C1c2ccccc2C(=O)c2c1nc1ccc(I)cc1c2-c1ccccc1. The van der Waals surface area contributed by atoms with E-state index < -0.39 is 0 Å². The number of carbonyl (C=O) groups is 2. The molecule has 0 saturated heterocycles. The number of fused-ring (bicyclic) bond motifs is 3. The average molecular weight is 461 g/mol. The maximum Gasteiger partial charge on any atom is 0.212 e. The zero-order chi connectivity index (χ0) is 18.5. The summed E-state index contributed by atoms with van der Waals surface area (Å²) in [4.78, 5) is 31.1. The van der Waals surface area contributed by atoms with Crippen LogP contribution < -0.4 is 0 Å². The van der Waals surface area contributed by atoms with E-state index in [0.29, 0.717) is 22.2 Å². The number of halogens is 1. The van der Waals surface area contributed by atoms with E-state index in [0.717, 1.165) is 20.1 Å². The molecule has 0 amide bonds. The van der Waals surface area contributed by atoms with Gasteiger partial charge in [0.15, 0.2) is 5.78 Å². The Morgan fingerprint density at radius 1 is 0.704 bits per heavy atom. The van der Waals surface area contributed by atoms with E-state index in [9.17, 15) is 9.59 Å². The molecule has 1 aliphatic carbocycles. The van der Waals surface area contributed by atoms with Crippen LogP contribution in [0.15, 0.2) is 72.8 Å². The van der Waals surface area contributed by atoms with Crippen molar-refractivity contribution in [2.24, 2.45) is 0 Å². The van der Waals surface area contributed by atoms with Gasteiger partial charge in [-0.2, -0.15) is 0 Å². The summed E-state index contributed by atoms with van der Waals surface area (Å²) in [6.07, 6.45) is 0. The molecular formula is C23H12INO2. The summed E-state index contributed by atoms with van der Waals surface area (Å²) in [6, 6.07) is 22.6. The minimum absolute atomic E-state index is 0.146. The highest BCUT2D eigenvalue weighted by Crippen LogP contribution is 2.38. The second-order valence-corrected chi connectivity index (χ2v) is 7.69. The Morgan fingerprint density at radius 2 is 1.37 bits per heavy atom. The van der Waals surface area contributed by atoms with Crippen LogP contribution >= 0.6 is 22.6 Å². The number of benzene rings is 3. The predicted molar refractivity (Wildman–Crippen MR) is 113 cm³/mol. The Balaban J connectivity index is 1.96. The van der Waals surface area contributed by atoms with Crippen molar-refractivity contribution in [3.8, 4) is 11.1 Å². The van der Waals surface area contributed by atoms with Gasteiger partial charge in [0, 0.05) is 25.6 Å². The molecule has 0 atom stereocenters. The van der Waals surface area contributed by atoms with Gasteiger partial charge in [0.05, 0.1) is 11.1 Å². The third kappa shape index (κ3) is 2.44. The van der Waals surface area contributed by atoms with Crippen molar-refractivity contribution in [2.75, 3.05) is 0 Å². The molecule has 0 spiro atoms. The number of nitrogens with zero attached hydrogens (tertiary/aromatic N) is 1. The zero-order valence-corrected chi connectivity index (χ0v) is 16.2. The highest BCUT2D eigenvalue weighted by molar-refractivity contribution is 14.1. The minimum Gasteiger partial charge on any atom is -0.288 e. The van der Waals surface area contributed by atoms with Gasteiger partial charge in [-0.1, -0.05) is 54.6 Å². The molecule has 0 unspecified atom stereocenters. The molecular weight excluding hydrogens is 449 g/mol. The molecule has 4 aromatic rings. The van der Waals surface area contributed by atoms with Gasteiger partial charge in [-0.15, -0.1) is 0 Å². The fourth-order valence-corrected chi connectivity index (χ4v) is 4.16. The quantitative estimate of drug-likeness (QED) is 0.319. The molecule has 3 nitrogen and oxygen atoms in total. The van der Waals surface area contributed by atoms with Gasteiger partial charge in [0.2, 0.25) is 5.78 Å². The molecule has 1 aromatic heterocycles. The first-order valence-corrected chi connectivity index (χ1v) is 9.60. The summed E-state index contributed by atoms with van der Waals surface area (Å²) in [7, 11) is 0. The van der Waals surface area contributed by atoms with Gasteiger partial charge in [-0.3, -0.25) is 9.59 Å². The minimum atomic E-state index is -0.196. The first kappa shape index (κ1) is 16.3. The Morgan fingerprint density at radius 3 is 2.11 bits per heavy atom. The molecule has 1 heterocycles. The maximum atomic E-state index is 13.4. The van der Waals surface area contributed by atoms with E-state index in [1.807, 2.05) is 48.5 Å². The molecule has 128 valence electrons. The van der Waals surface area contributed by atoms with Gasteiger partial charge in [-0.25, -0.2) is 4.98 Å². The zero-order valence-electron chi connectivity index (χ0n) is 14.1. The van der Waals surface area contributed by atoms with Gasteiger partial charge < -0.3 is 0 Å². The van der Waals surface area contributed by atoms with Crippen LogP contribution in [0, 0.1) is 3.57 Å². The largest absolute Gasteiger partial charge is 0.288 e. The first-order chi connectivity index (χ1) is 13.1. The predicted octanol–water partition coefficient (Wildman–Crippen LogP) is 5.28. The van der Waals surface area contributed by atoms with E-state index in [-0.39, 0.29) is 17.3 Å². The van der Waals surface area contributed by atoms with Crippen LogP contribution in [0.2, 0.25) is 0 Å². The number of pyridine rings is 1. The molecule has 0 fully saturated rings. The summed E-state index contributed by atoms with van der Waals surface area (Å²) in [6.45, 7) is 0. The Kier molecular flexibility index (Phi) is 3.68. The van der Waals surface area contributed by atoms with Crippen LogP contribution in [0.4, 0.5) is 0 Å². The van der Waals surface area contributed by atoms with Gasteiger partial charge in [0.25, 0.3) is 0 Å². The van der Waals surface area contributed by atoms with E-state index in [1.54, 1.807) is 24.3 Å². The molecule has 0 N–H and O–H groups in total. The lowest BCUT2D eigenvalue weighted by Gasteiger charge is -2.21. The van der Waals surface area contributed by atoms with Crippen LogP contribution in [0.3, 0.4) is 0 Å². The lowest BCUT2D eigenvalue weighted by atomic mass is 9.82. The van der Waals surface area contributed by atoms with E-state index >= 15 is 0 Å². The van der Waals surface area contributed by atoms with Crippen molar-refractivity contribution >= 4 is 45.1 Å². The first-order valence-electron chi connectivity index (χ1n) is 8.52. The van der Waals surface area contributed by atoms with Gasteiger partial charge in [0.1, 0.15) is 5.69 Å². The lowest BCUT2D eigenvalue weighted by Crippen LogP contribution is -2.23. The highest BCUT2D eigenvalue weighted by Gasteiger charge is 2.34. The molecule has 5 rings (SSSR count). The molecule has 4 heteroatoms. The van der Waals surface area contributed by atoms with Crippen molar-refractivity contribution in [2.45, 2.75) is 0 Å². The van der Waals surface area contributed by atoms with Crippen molar-refractivity contribution in [3.05, 3.63) is 98.8 Å². The van der Waals surface area contributed by atoms with Crippen molar-refractivity contribution in [1.29, 1.82) is 0 Å². The number of carbonyl (C=O) groups excluding carboxylic acids is 2. The fraction of sp³-hybridized carbons (Fsp3) is 0. The molecule has 3 aromatic carbocycles. The van der Waals surface area contributed by atoms with E-state index in [1.165, 1.54) is 0 Å². The standard InChI is InChI=1S/C23H12INO2/c24-14-10-11-18-17(12-14)19(13-6-2-1-3-7-13)20-21(25-18)23(27)16-9-5-4-8-15(16)22(20)26/h1-12H. The number of aromatic nitrogens is 1. The molecule has 0 radical (unpaired) electrons. The normalized spacial score (nSPS) is 12.8. The Hall–Kier alpha value is -2.86. The topological polar surface area (TPSA) is 47.0 Å². The third-order valence-corrected chi connectivity index (χ3v) is 5.54. The summed E-state index contributed by atoms with van der Waals surface area (Å²) in [5.74, 6) is -0.342. The second kappa shape index (κ2) is 6.09. The van der Waals surface area contributed by atoms with Crippen molar-refractivity contribution in [1.82, 2.24) is 4.98 Å². The molecule has 1 aliphatic rings. The van der Waals surface area contributed by atoms with E-state index in [4.69, 9.17) is 0 Å². The number of hydrogen-bond acceptors (Lipinski definition) is 3. The van der Waals surface area contributed by atoms with E-state index in [2.05, 4.69) is 27.6 Å². The Bertz CT molecular complexity index is 1260. The third-order valence-electron chi connectivity index (χ3n) is 4.87. The summed E-state index contributed by atoms with van der Waals surface area (Å²) >= 11 is 2.25. The monoisotopic (exact) mass is 461 g/mol. The van der Waals surface area contributed by atoms with Crippen molar-refractivity contribution in [3.63, 3.8) is 0 Å². The molecule has 0 saturated carbocycles. The van der Waals surface area contributed by atoms with Gasteiger partial charge >= 0.3 is 0 Å².